The van der Waals surface area contributed by atoms with Crippen molar-refractivity contribution in [2.24, 2.45) is 0 Å². The first kappa shape index (κ1) is 27.5. The van der Waals surface area contributed by atoms with Gasteiger partial charge in [-0.1, -0.05) is 0 Å². The number of rotatable bonds is 9. The Morgan fingerprint density at radius 3 is 2.11 bits per heavy atom. The van der Waals surface area contributed by atoms with Gasteiger partial charge in [-0.15, -0.1) is 0 Å². The molecule has 3 aliphatic rings. The van der Waals surface area contributed by atoms with Gasteiger partial charge in [0.1, 0.15) is 16.7 Å². The highest BCUT2D eigenvalue weighted by Crippen LogP contribution is 2.27. The Labute approximate surface area is 219 Å². The van der Waals surface area contributed by atoms with Crippen molar-refractivity contribution in [1.29, 1.82) is 0 Å². The summed E-state index contributed by atoms with van der Waals surface area (Å²) in [6.45, 7) is 11.5. The molecule has 9 heteroatoms. The minimum atomic E-state index is -1.31. The number of ether oxygens (including phenoxy) is 1. The molecule has 1 saturated carbocycles. The minimum Gasteiger partial charge on any atom is -0.497 e. The minimum absolute atomic E-state index is 0.0598. The normalized spacial score (nSPS) is 25.5. The largest absolute Gasteiger partial charge is 0.497 e. The van der Waals surface area contributed by atoms with Crippen LogP contribution in [0.2, 0.25) is 0 Å². The Morgan fingerprint density at radius 2 is 1.58 bits per heavy atom. The highest BCUT2D eigenvalue weighted by molar-refractivity contribution is 7.82. The predicted molar refractivity (Wildman–Crippen MR) is 145 cm³/mol. The highest BCUT2D eigenvalue weighted by Gasteiger charge is 2.34. The summed E-state index contributed by atoms with van der Waals surface area (Å²) in [6.07, 6.45) is 4.79. The van der Waals surface area contributed by atoms with Gasteiger partial charge in [0.25, 0.3) is 0 Å². The van der Waals surface area contributed by atoms with Gasteiger partial charge < -0.3 is 15.0 Å². The molecule has 202 valence electrons. The van der Waals surface area contributed by atoms with Gasteiger partial charge in [-0.3, -0.25) is 14.6 Å². The van der Waals surface area contributed by atoms with Crippen molar-refractivity contribution in [2.45, 2.75) is 69.0 Å². The number of methoxy groups -OCH3 is 1. The number of benzene rings is 1. The van der Waals surface area contributed by atoms with Crippen LogP contribution >= 0.6 is 0 Å². The number of aryl methyl sites for hydroxylation is 2. The Balaban J connectivity index is 1.15. The number of amides is 1. The van der Waals surface area contributed by atoms with E-state index in [0.717, 1.165) is 53.5 Å². The van der Waals surface area contributed by atoms with E-state index in [2.05, 4.69) is 27.1 Å². The van der Waals surface area contributed by atoms with E-state index in [1.165, 1.54) is 39.3 Å². The van der Waals surface area contributed by atoms with Crippen molar-refractivity contribution >= 4 is 16.9 Å². The maximum atomic E-state index is 13.1. The van der Waals surface area contributed by atoms with Crippen molar-refractivity contribution < 1.29 is 13.7 Å². The van der Waals surface area contributed by atoms with Gasteiger partial charge in [-0.25, -0.2) is 8.51 Å². The van der Waals surface area contributed by atoms with Gasteiger partial charge in [0.2, 0.25) is 5.91 Å². The van der Waals surface area contributed by atoms with Gasteiger partial charge in [0.05, 0.1) is 12.0 Å². The second-order valence-corrected chi connectivity index (χ2v) is 12.5. The zero-order chi connectivity index (χ0) is 25.8. The number of carbonyl (C=O) groups is 1. The summed E-state index contributed by atoms with van der Waals surface area (Å²) in [5, 5.41) is 3.24. The van der Waals surface area contributed by atoms with E-state index in [4.69, 9.17) is 4.74 Å². The van der Waals surface area contributed by atoms with Gasteiger partial charge in [0.15, 0.2) is 0 Å². The van der Waals surface area contributed by atoms with E-state index in [1.54, 1.807) is 11.4 Å². The molecule has 0 aromatic heterocycles. The van der Waals surface area contributed by atoms with Crippen molar-refractivity contribution in [1.82, 2.24) is 24.3 Å². The summed E-state index contributed by atoms with van der Waals surface area (Å²) in [6, 6.07) is 5.51. The zero-order valence-corrected chi connectivity index (χ0v) is 23.6. The van der Waals surface area contributed by atoms with Crippen LogP contribution < -0.4 is 10.1 Å². The van der Waals surface area contributed by atoms with E-state index < -0.39 is 11.0 Å². The van der Waals surface area contributed by atoms with Crippen LogP contribution in [-0.4, -0.2) is 114 Å². The lowest BCUT2D eigenvalue weighted by molar-refractivity contribution is -0.122. The number of piperazine rings is 1. The molecule has 0 bridgehead atoms. The Bertz CT molecular complexity index is 899. The summed E-state index contributed by atoms with van der Waals surface area (Å²) in [4.78, 5) is 21.2. The first-order valence-electron chi connectivity index (χ1n) is 13.5. The molecule has 1 atom stereocenters. The lowest BCUT2D eigenvalue weighted by Gasteiger charge is -2.48. The van der Waals surface area contributed by atoms with Crippen LogP contribution in [0.25, 0.3) is 0 Å². The lowest BCUT2D eigenvalue weighted by atomic mass is 9.89. The molecule has 1 amide bonds. The molecule has 1 N–H and O–H groups in total. The van der Waals surface area contributed by atoms with Gasteiger partial charge in [-0.05, 0) is 69.8 Å². The molecular weight excluding hydrogens is 474 g/mol. The summed E-state index contributed by atoms with van der Waals surface area (Å²) in [7, 11) is 4.35. The number of carbonyl (C=O) groups excluding carboxylic acids is 1. The van der Waals surface area contributed by atoms with Crippen molar-refractivity contribution in [3.63, 3.8) is 0 Å². The van der Waals surface area contributed by atoms with Gasteiger partial charge >= 0.3 is 0 Å². The lowest BCUT2D eigenvalue weighted by Crippen LogP contribution is -2.62. The quantitative estimate of drug-likeness (QED) is 0.539. The first-order valence-corrected chi connectivity index (χ1v) is 14.6. The van der Waals surface area contributed by atoms with Crippen LogP contribution in [0, 0.1) is 13.8 Å². The second-order valence-electron chi connectivity index (χ2n) is 11.0. The fourth-order valence-electron chi connectivity index (χ4n) is 6.05. The SMILES string of the molecule is COc1cc(C)c(S(=O)N(C)CCC(=O)NC2CCC(N3CCN(C4CN(C)C4)CC3)CC2)c(C)c1. The average molecular weight is 520 g/mol. The van der Waals surface area contributed by atoms with E-state index in [9.17, 15) is 9.00 Å². The molecule has 2 saturated heterocycles. The maximum absolute atomic E-state index is 13.1. The van der Waals surface area contributed by atoms with Crippen molar-refractivity contribution in [3.05, 3.63) is 23.3 Å². The third kappa shape index (κ3) is 6.67. The predicted octanol–water partition coefficient (Wildman–Crippen LogP) is 2.02. The highest BCUT2D eigenvalue weighted by atomic mass is 32.2. The summed E-state index contributed by atoms with van der Waals surface area (Å²) in [5.74, 6) is 0.830. The van der Waals surface area contributed by atoms with E-state index in [1.807, 2.05) is 33.0 Å². The third-order valence-corrected chi connectivity index (χ3v) is 10.0. The molecule has 0 radical (unpaired) electrons. The standard InChI is InChI=1S/C27H45N5O3S/c1-20-16-25(35-5)17-21(2)27(20)36(34)30(4)11-10-26(33)28-22-6-8-23(9-7-22)31-12-14-32(15-13-31)24-18-29(3)19-24/h16-17,22-24H,6-15,18-19H2,1-5H3,(H,28,33). The van der Waals surface area contributed by atoms with Crippen LogP contribution in [0.4, 0.5) is 0 Å². The van der Waals surface area contributed by atoms with E-state index in [0.29, 0.717) is 19.0 Å². The zero-order valence-electron chi connectivity index (χ0n) is 22.8. The fourth-order valence-corrected chi connectivity index (χ4v) is 7.29. The van der Waals surface area contributed by atoms with Crippen LogP contribution in [-0.2, 0) is 15.8 Å². The summed E-state index contributed by atoms with van der Waals surface area (Å²) >= 11 is 0. The third-order valence-electron chi connectivity index (χ3n) is 8.27. The van der Waals surface area contributed by atoms with E-state index in [-0.39, 0.29) is 11.9 Å². The first-order chi connectivity index (χ1) is 17.2. The molecule has 4 rings (SSSR count). The summed E-state index contributed by atoms with van der Waals surface area (Å²) < 4.78 is 20.2. The smallest absolute Gasteiger partial charge is 0.221 e. The molecule has 2 heterocycles. The Kier molecular flexibility index (Phi) is 9.44. The molecule has 8 nitrogen and oxygen atoms in total. The van der Waals surface area contributed by atoms with Crippen molar-refractivity contribution in [2.75, 3.05) is 67.0 Å². The van der Waals surface area contributed by atoms with Crippen LogP contribution in [0.3, 0.4) is 0 Å². The molecule has 2 aliphatic heterocycles. The molecule has 1 aromatic carbocycles. The number of likely N-dealkylation sites (tertiary alicyclic amines) is 1. The molecule has 0 spiro atoms. The molecule has 1 aliphatic carbocycles. The average Bonchev–Trinajstić information content (AvgIpc) is 2.85. The number of hydrogen-bond acceptors (Lipinski definition) is 6. The molecule has 36 heavy (non-hydrogen) atoms. The molecular formula is C27H45N5O3S. The summed E-state index contributed by atoms with van der Waals surface area (Å²) in [5.41, 5.74) is 1.88. The number of likely N-dealkylation sites (N-methyl/N-ethyl adjacent to an activating group) is 1. The van der Waals surface area contributed by atoms with Crippen LogP contribution in [0.1, 0.15) is 43.2 Å². The maximum Gasteiger partial charge on any atom is 0.221 e. The topological polar surface area (TPSA) is 68.4 Å². The van der Waals surface area contributed by atoms with Crippen LogP contribution in [0.5, 0.6) is 5.75 Å². The Hall–Kier alpha value is -1.52. The number of hydrogen-bond donors (Lipinski definition) is 1. The Morgan fingerprint density at radius 1 is 1.03 bits per heavy atom. The number of nitrogens with one attached hydrogen (secondary N) is 1. The molecule has 1 unspecified atom stereocenters. The monoisotopic (exact) mass is 519 g/mol. The van der Waals surface area contributed by atoms with Crippen LogP contribution in [0.15, 0.2) is 17.0 Å². The van der Waals surface area contributed by atoms with Gasteiger partial charge in [0, 0.05) is 77.4 Å². The van der Waals surface area contributed by atoms with E-state index >= 15 is 0 Å². The van der Waals surface area contributed by atoms with Crippen molar-refractivity contribution in [3.8, 4) is 5.75 Å². The molecule has 1 aromatic rings. The molecule has 3 fully saturated rings. The van der Waals surface area contributed by atoms with Gasteiger partial charge in [-0.2, -0.15) is 0 Å². The second kappa shape index (κ2) is 12.3. The fraction of sp³-hybridized carbons (Fsp3) is 0.741. The number of nitrogens with zero attached hydrogens (tertiary/aromatic N) is 4.